The predicted molar refractivity (Wildman–Crippen MR) is 137 cm³/mol. The summed E-state index contributed by atoms with van der Waals surface area (Å²) in [7, 11) is 0. The van der Waals surface area contributed by atoms with Gasteiger partial charge in [-0.05, 0) is 66.8 Å². The lowest BCUT2D eigenvalue weighted by molar-refractivity contribution is -0.137. The molecule has 0 atom stereocenters. The molecule has 0 saturated carbocycles. The molecule has 0 bridgehead atoms. The lowest BCUT2D eigenvalue weighted by Gasteiger charge is -2.32. The first-order valence-corrected chi connectivity index (χ1v) is 12.1. The monoisotopic (exact) mass is 519 g/mol. The molecule has 0 spiro atoms. The summed E-state index contributed by atoms with van der Waals surface area (Å²) < 4.78 is 39.0. The van der Waals surface area contributed by atoms with Crippen LogP contribution in [0.3, 0.4) is 0 Å². The summed E-state index contributed by atoms with van der Waals surface area (Å²) in [5.74, 6) is -0.236. The molecule has 0 radical (unpaired) electrons. The first kappa shape index (κ1) is 25.2. The summed E-state index contributed by atoms with van der Waals surface area (Å²) in [5.41, 5.74) is 2.41. The number of halogens is 3. The van der Waals surface area contributed by atoms with Gasteiger partial charge in [0.05, 0.1) is 17.5 Å². The zero-order chi connectivity index (χ0) is 26.7. The second kappa shape index (κ2) is 10.5. The molecular formula is C28H24F3N5O2. The number of amides is 2. The quantitative estimate of drug-likeness (QED) is 0.334. The van der Waals surface area contributed by atoms with E-state index in [1.807, 2.05) is 24.3 Å². The molecule has 1 saturated heterocycles. The average Bonchev–Trinajstić information content (AvgIpc) is 3.36. The molecule has 2 amide bonds. The number of hydrogen-bond acceptors (Lipinski definition) is 4. The fourth-order valence-electron chi connectivity index (χ4n) is 4.59. The fraction of sp³-hybridized carbons (Fsp3) is 0.214. The molecule has 0 aliphatic carbocycles. The summed E-state index contributed by atoms with van der Waals surface area (Å²) >= 11 is 0. The number of benzene rings is 2. The standard InChI is InChI=1S/C28H24F3N5O2/c29-28(30,31)21-3-7-24-20(15-21)16-25(35-24)27(38)36-13-9-19(10-14-36)18-1-4-22(5-2-18)34-26(37)8-6-23-17-32-11-12-33-23/h1-8,11-12,15-17,19,35H,9-10,13-14H2,(H,34,37)/b8-6+. The number of fused-ring (bicyclic) bond motifs is 1. The van der Waals surface area contributed by atoms with Crippen LogP contribution >= 0.6 is 0 Å². The third-order valence-corrected chi connectivity index (χ3v) is 6.60. The molecule has 7 nitrogen and oxygen atoms in total. The maximum atomic E-state index is 13.0. The maximum Gasteiger partial charge on any atom is 0.416 e. The number of piperidine rings is 1. The van der Waals surface area contributed by atoms with E-state index in [-0.39, 0.29) is 23.4 Å². The van der Waals surface area contributed by atoms with Crippen molar-refractivity contribution in [1.29, 1.82) is 0 Å². The number of anilines is 1. The second-order valence-electron chi connectivity index (χ2n) is 9.12. The molecule has 1 aliphatic rings. The number of aromatic amines is 1. The minimum Gasteiger partial charge on any atom is -0.351 e. The van der Waals surface area contributed by atoms with E-state index in [1.165, 1.54) is 18.2 Å². The number of alkyl halides is 3. The van der Waals surface area contributed by atoms with Gasteiger partial charge >= 0.3 is 6.18 Å². The molecule has 2 aromatic heterocycles. The molecule has 2 aromatic carbocycles. The Kier molecular flexibility index (Phi) is 6.95. The van der Waals surface area contributed by atoms with Gasteiger partial charge in [-0.1, -0.05) is 12.1 Å². The molecule has 38 heavy (non-hydrogen) atoms. The zero-order valence-corrected chi connectivity index (χ0v) is 20.2. The fourth-order valence-corrected chi connectivity index (χ4v) is 4.59. The lowest BCUT2D eigenvalue weighted by Crippen LogP contribution is -2.38. The van der Waals surface area contributed by atoms with Gasteiger partial charge in [0.1, 0.15) is 5.69 Å². The van der Waals surface area contributed by atoms with Crippen molar-refractivity contribution in [3.63, 3.8) is 0 Å². The summed E-state index contributed by atoms with van der Waals surface area (Å²) in [6, 6.07) is 12.5. The van der Waals surface area contributed by atoms with Crippen LogP contribution in [0.1, 0.15) is 46.1 Å². The Balaban J connectivity index is 1.16. The summed E-state index contributed by atoms with van der Waals surface area (Å²) in [5, 5.41) is 3.17. The molecule has 0 unspecified atom stereocenters. The minimum atomic E-state index is -4.43. The van der Waals surface area contributed by atoms with Gasteiger partial charge in [0.25, 0.3) is 5.91 Å². The van der Waals surface area contributed by atoms with Crippen LogP contribution in [0.25, 0.3) is 17.0 Å². The number of hydrogen-bond donors (Lipinski definition) is 2. The van der Waals surface area contributed by atoms with E-state index in [2.05, 4.69) is 20.3 Å². The first-order chi connectivity index (χ1) is 18.3. The van der Waals surface area contributed by atoms with Crippen LogP contribution in [-0.2, 0) is 11.0 Å². The van der Waals surface area contributed by atoms with Gasteiger partial charge in [-0.2, -0.15) is 13.2 Å². The molecule has 10 heteroatoms. The highest BCUT2D eigenvalue weighted by atomic mass is 19.4. The highest BCUT2D eigenvalue weighted by Gasteiger charge is 2.31. The largest absolute Gasteiger partial charge is 0.416 e. The van der Waals surface area contributed by atoms with Crippen molar-refractivity contribution in [2.75, 3.05) is 18.4 Å². The normalized spacial score (nSPS) is 14.8. The molecule has 4 aromatic rings. The number of carbonyl (C=O) groups excluding carboxylic acids is 2. The van der Waals surface area contributed by atoms with E-state index in [4.69, 9.17) is 0 Å². The van der Waals surface area contributed by atoms with Crippen molar-refractivity contribution >= 4 is 34.5 Å². The van der Waals surface area contributed by atoms with E-state index in [9.17, 15) is 22.8 Å². The summed E-state index contributed by atoms with van der Waals surface area (Å²) in [4.78, 5) is 37.9. The Morgan fingerprint density at radius 2 is 1.79 bits per heavy atom. The third-order valence-electron chi connectivity index (χ3n) is 6.60. The van der Waals surface area contributed by atoms with Gasteiger partial charge < -0.3 is 15.2 Å². The summed E-state index contributed by atoms with van der Waals surface area (Å²) in [6.45, 7) is 1.08. The number of nitrogens with zero attached hydrogens (tertiary/aromatic N) is 3. The highest BCUT2D eigenvalue weighted by Crippen LogP contribution is 2.33. The molecule has 194 valence electrons. The van der Waals surface area contributed by atoms with Gasteiger partial charge in [-0.15, -0.1) is 0 Å². The predicted octanol–water partition coefficient (Wildman–Crippen LogP) is 5.65. The first-order valence-electron chi connectivity index (χ1n) is 12.1. The molecular weight excluding hydrogens is 495 g/mol. The smallest absolute Gasteiger partial charge is 0.351 e. The Morgan fingerprint density at radius 3 is 2.47 bits per heavy atom. The van der Waals surface area contributed by atoms with Gasteiger partial charge in [0, 0.05) is 48.1 Å². The summed E-state index contributed by atoms with van der Waals surface area (Å²) in [6.07, 6.45) is 4.74. The number of likely N-dealkylation sites (tertiary alicyclic amines) is 1. The average molecular weight is 520 g/mol. The van der Waals surface area contributed by atoms with E-state index < -0.39 is 11.7 Å². The Bertz CT molecular complexity index is 1470. The van der Waals surface area contributed by atoms with Gasteiger partial charge in [0.2, 0.25) is 5.91 Å². The topological polar surface area (TPSA) is 91.0 Å². The molecule has 5 rings (SSSR count). The molecule has 1 aliphatic heterocycles. The lowest BCUT2D eigenvalue weighted by atomic mass is 9.89. The Labute approximate surface area is 216 Å². The van der Waals surface area contributed by atoms with Crippen LogP contribution in [0.2, 0.25) is 0 Å². The van der Waals surface area contributed by atoms with Crippen molar-refractivity contribution in [3.8, 4) is 0 Å². The molecule has 2 N–H and O–H groups in total. The molecule has 1 fully saturated rings. The van der Waals surface area contributed by atoms with Crippen molar-refractivity contribution in [2.45, 2.75) is 24.9 Å². The number of aromatic nitrogens is 3. The van der Waals surface area contributed by atoms with Crippen molar-refractivity contribution in [3.05, 3.63) is 95.7 Å². The number of rotatable bonds is 5. The van der Waals surface area contributed by atoms with Crippen LogP contribution in [0.15, 0.2) is 73.2 Å². The zero-order valence-electron chi connectivity index (χ0n) is 20.2. The van der Waals surface area contributed by atoms with Gasteiger partial charge in [0.15, 0.2) is 0 Å². The van der Waals surface area contributed by atoms with Crippen LogP contribution < -0.4 is 5.32 Å². The van der Waals surface area contributed by atoms with E-state index in [1.54, 1.807) is 29.6 Å². The SMILES string of the molecule is O=C(/C=C/c1cnccn1)Nc1ccc(C2CCN(C(=O)c3cc4cc(C(F)(F)F)ccc4[nH]3)CC2)cc1. The maximum absolute atomic E-state index is 13.0. The molecule has 3 heterocycles. The van der Waals surface area contributed by atoms with Crippen molar-refractivity contribution < 1.29 is 22.8 Å². The Hall–Kier alpha value is -4.47. The van der Waals surface area contributed by atoms with E-state index in [0.29, 0.717) is 35.4 Å². The van der Waals surface area contributed by atoms with Crippen molar-refractivity contribution in [2.24, 2.45) is 0 Å². The van der Waals surface area contributed by atoms with E-state index >= 15 is 0 Å². The van der Waals surface area contributed by atoms with E-state index in [0.717, 1.165) is 30.5 Å². The van der Waals surface area contributed by atoms with Crippen LogP contribution in [0.5, 0.6) is 0 Å². The second-order valence-corrected chi connectivity index (χ2v) is 9.12. The Morgan fingerprint density at radius 1 is 1.03 bits per heavy atom. The van der Waals surface area contributed by atoms with Crippen molar-refractivity contribution in [1.82, 2.24) is 19.9 Å². The van der Waals surface area contributed by atoms with Crippen LogP contribution in [0.4, 0.5) is 18.9 Å². The van der Waals surface area contributed by atoms with Gasteiger partial charge in [-0.25, -0.2) is 0 Å². The number of H-pyrrole nitrogens is 1. The van der Waals surface area contributed by atoms with Gasteiger partial charge in [-0.3, -0.25) is 19.6 Å². The third kappa shape index (κ3) is 5.74. The number of carbonyl (C=O) groups is 2. The number of nitrogens with one attached hydrogen (secondary N) is 2. The van der Waals surface area contributed by atoms with Crippen LogP contribution in [-0.4, -0.2) is 44.8 Å². The minimum absolute atomic E-state index is 0.221. The highest BCUT2D eigenvalue weighted by molar-refractivity contribution is 6.01. The van der Waals surface area contributed by atoms with Crippen LogP contribution in [0, 0.1) is 0 Å².